The molecule has 29 heavy (non-hydrogen) atoms. The maximum atomic E-state index is 14.8. The summed E-state index contributed by atoms with van der Waals surface area (Å²) in [6.07, 6.45) is 1.59. The molecule has 0 spiro atoms. The molecule has 2 aliphatic heterocycles. The molecule has 3 heterocycles. The summed E-state index contributed by atoms with van der Waals surface area (Å²) in [4.78, 5) is 18.9. The van der Waals surface area contributed by atoms with Crippen LogP contribution in [0.5, 0.6) is 5.75 Å². The lowest BCUT2D eigenvalue weighted by Crippen LogP contribution is -2.42. The first-order valence-electron chi connectivity index (χ1n) is 9.49. The van der Waals surface area contributed by atoms with Crippen molar-refractivity contribution in [1.29, 1.82) is 5.26 Å². The van der Waals surface area contributed by atoms with Crippen molar-refractivity contribution in [3.05, 3.63) is 40.8 Å². The van der Waals surface area contributed by atoms with Gasteiger partial charge in [0.05, 0.1) is 12.8 Å². The summed E-state index contributed by atoms with van der Waals surface area (Å²) >= 11 is 0. The van der Waals surface area contributed by atoms with Crippen molar-refractivity contribution in [2.75, 3.05) is 26.0 Å². The molecule has 2 aromatic rings. The topological polar surface area (TPSA) is 101 Å². The number of nitrogens with zero attached hydrogens (tertiary/aromatic N) is 3. The molecule has 4 rings (SSSR count). The number of carbonyl (C=O) groups is 1. The molecule has 1 saturated heterocycles. The Hall–Kier alpha value is -3.18. The SMILES string of the molecule is COc1ccc(F)c(-c2c(C#N)c(N)nc3c2CN(C(=O)C2CCCO2)CC3)c1. The van der Waals surface area contributed by atoms with Crippen LogP contribution in [0.3, 0.4) is 0 Å². The van der Waals surface area contributed by atoms with Gasteiger partial charge in [-0.25, -0.2) is 9.37 Å². The second kappa shape index (κ2) is 7.68. The number of rotatable bonds is 3. The number of hydrogen-bond donors (Lipinski definition) is 1. The molecule has 0 saturated carbocycles. The van der Waals surface area contributed by atoms with E-state index >= 15 is 0 Å². The fraction of sp³-hybridized carbons (Fsp3) is 0.381. The minimum absolute atomic E-state index is 0.0578. The van der Waals surface area contributed by atoms with Crippen LogP contribution in [0.15, 0.2) is 18.2 Å². The van der Waals surface area contributed by atoms with Crippen LogP contribution in [0, 0.1) is 17.1 Å². The zero-order chi connectivity index (χ0) is 20.5. The number of nitrogens with two attached hydrogens (primary N) is 1. The number of fused-ring (bicyclic) bond motifs is 1. The van der Waals surface area contributed by atoms with Gasteiger partial charge in [-0.05, 0) is 31.0 Å². The van der Waals surface area contributed by atoms with Crippen molar-refractivity contribution < 1.29 is 18.7 Å². The Bertz CT molecular complexity index is 1010. The van der Waals surface area contributed by atoms with Crippen molar-refractivity contribution in [1.82, 2.24) is 9.88 Å². The standard InChI is InChI=1S/C21H21FN4O3/c1-28-12-4-5-16(22)13(9-12)19-14(10-23)20(24)25-17-6-7-26(11-15(17)19)21(27)18-3-2-8-29-18/h4-5,9,18H,2-3,6-8,11H2,1H3,(H2,24,25). The molecule has 7 nitrogen and oxygen atoms in total. The normalized spacial score (nSPS) is 18.2. The van der Waals surface area contributed by atoms with Gasteiger partial charge in [-0.1, -0.05) is 0 Å². The third-order valence-corrected chi connectivity index (χ3v) is 5.45. The molecule has 1 atom stereocenters. The van der Waals surface area contributed by atoms with Crippen molar-refractivity contribution in [2.24, 2.45) is 0 Å². The quantitative estimate of drug-likeness (QED) is 0.855. The van der Waals surface area contributed by atoms with Gasteiger partial charge in [0, 0.05) is 42.8 Å². The van der Waals surface area contributed by atoms with Gasteiger partial charge in [-0.15, -0.1) is 0 Å². The highest BCUT2D eigenvalue weighted by atomic mass is 19.1. The van der Waals surface area contributed by atoms with Gasteiger partial charge in [-0.3, -0.25) is 4.79 Å². The smallest absolute Gasteiger partial charge is 0.252 e. The van der Waals surface area contributed by atoms with Gasteiger partial charge in [0.25, 0.3) is 5.91 Å². The molecule has 1 unspecified atom stereocenters. The van der Waals surface area contributed by atoms with E-state index in [4.69, 9.17) is 15.2 Å². The van der Waals surface area contributed by atoms with Gasteiger partial charge < -0.3 is 20.1 Å². The second-order valence-electron chi connectivity index (χ2n) is 7.14. The number of nitrogen functional groups attached to an aromatic ring is 1. The van der Waals surface area contributed by atoms with Crippen molar-refractivity contribution >= 4 is 11.7 Å². The molecule has 1 amide bonds. The highest BCUT2D eigenvalue weighted by Crippen LogP contribution is 2.38. The summed E-state index contributed by atoms with van der Waals surface area (Å²) in [6, 6.07) is 6.38. The lowest BCUT2D eigenvalue weighted by atomic mass is 9.90. The molecule has 2 N–H and O–H groups in total. The molecule has 0 bridgehead atoms. The average molecular weight is 396 g/mol. The van der Waals surface area contributed by atoms with E-state index in [1.807, 2.05) is 0 Å². The Morgan fingerprint density at radius 2 is 2.31 bits per heavy atom. The summed E-state index contributed by atoms with van der Waals surface area (Å²) in [5, 5.41) is 9.70. The number of ether oxygens (including phenoxy) is 2. The van der Waals surface area contributed by atoms with Gasteiger partial charge in [0.1, 0.15) is 35.1 Å². The number of anilines is 1. The second-order valence-corrected chi connectivity index (χ2v) is 7.14. The fourth-order valence-electron chi connectivity index (χ4n) is 3.98. The molecule has 1 aromatic heterocycles. The van der Waals surface area contributed by atoms with Gasteiger partial charge in [0.15, 0.2) is 0 Å². The van der Waals surface area contributed by atoms with Crippen molar-refractivity contribution in [2.45, 2.75) is 31.9 Å². The Kier molecular flexibility index (Phi) is 5.07. The molecule has 8 heteroatoms. The highest BCUT2D eigenvalue weighted by molar-refractivity contribution is 5.84. The van der Waals surface area contributed by atoms with E-state index in [9.17, 15) is 14.4 Å². The number of pyridine rings is 1. The number of carbonyl (C=O) groups excluding carboxylic acids is 1. The molecule has 1 aromatic carbocycles. The fourth-order valence-corrected chi connectivity index (χ4v) is 3.98. The number of amides is 1. The predicted molar refractivity (Wildman–Crippen MR) is 103 cm³/mol. The van der Waals surface area contributed by atoms with Crippen molar-refractivity contribution in [3.63, 3.8) is 0 Å². The van der Waals surface area contributed by atoms with Crippen molar-refractivity contribution in [3.8, 4) is 22.9 Å². The number of benzene rings is 1. The number of methoxy groups -OCH3 is 1. The maximum absolute atomic E-state index is 14.8. The third-order valence-electron chi connectivity index (χ3n) is 5.45. The first-order valence-corrected chi connectivity index (χ1v) is 9.49. The third kappa shape index (κ3) is 3.38. The zero-order valence-corrected chi connectivity index (χ0v) is 16.1. The molecule has 0 aliphatic carbocycles. The number of hydrogen-bond acceptors (Lipinski definition) is 6. The van der Waals surface area contributed by atoms with Crippen LogP contribution in [0.25, 0.3) is 11.1 Å². The first kappa shape index (κ1) is 19.2. The van der Waals surface area contributed by atoms with E-state index in [0.29, 0.717) is 48.6 Å². The van der Waals surface area contributed by atoms with Crippen LogP contribution < -0.4 is 10.5 Å². The highest BCUT2D eigenvalue weighted by Gasteiger charge is 2.33. The molecular weight excluding hydrogens is 375 g/mol. The number of halogens is 1. The van der Waals surface area contributed by atoms with Crippen LogP contribution in [-0.4, -0.2) is 42.2 Å². The zero-order valence-electron chi connectivity index (χ0n) is 16.1. The Morgan fingerprint density at radius 1 is 1.48 bits per heavy atom. The molecule has 1 fully saturated rings. The largest absolute Gasteiger partial charge is 0.497 e. The molecule has 2 aliphatic rings. The van der Waals surface area contributed by atoms with E-state index < -0.39 is 11.9 Å². The lowest BCUT2D eigenvalue weighted by molar-refractivity contribution is -0.141. The summed E-state index contributed by atoms with van der Waals surface area (Å²) in [5.41, 5.74) is 8.01. The monoisotopic (exact) mass is 396 g/mol. The van der Waals surface area contributed by atoms with E-state index in [1.165, 1.54) is 25.3 Å². The maximum Gasteiger partial charge on any atom is 0.252 e. The van der Waals surface area contributed by atoms with Crippen LogP contribution >= 0.6 is 0 Å². The minimum Gasteiger partial charge on any atom is -0.497 e. The Morgan fingerprint density at radius 3 is 3.00 bits per heavy atom. The Labute approximate surface area is 167 Å². The van der Waals surface area contributed by atoms with Gasteiger partial charge in [0.2, 0.25) is 0 Å². The van der Waals surface area contributed by atoms with Crippen LogP contribution in [0.4, 0.5) is 10.2 Å². The lowest BCUT2D eigenvalue weighted by Gasteiger charge is -2.32. The van der Waals surface area contributed by atoms with Gasteiger partial charge in [-0.2, -0.15) is 5.26 Å². The van der Waals surface area contributed by atoms with Crippen LogP contribution in [-0.2, 0) is 22.5 Å². The Balaban J connectivity index is 1.83. The number of aromatic nitrogens is 1. The molecule has 150 valence electrons. The summed E-state index contributed by atoms with van der Waals surface area (Å²) in [6.45, 7) is 1.28. The van der Waals surface area contributed by atoms with E-state index in [2.05, 4.69) is 11.1 Å². The van der Waals surface area contributed by atoms with E-state index in [0.717, 1.165) is 6.42 Å². The minimum atomic E-state index is -0.502. The number of nitriles is 1. The van der Waals surface area contributed by atoms with Crippen LogP contribution in [0.2, 0.25) is 0 Å². The first-order chi connectivity index (χ1) is 14.0. The summed E-state index contributed by atoms with van der Waals surface area (Å²) < 4.78 is 25.5. The van der Waals surface area contributed by atoms with Gasteiger partial charge >= 0.3 is 0 Å². The van der Waals surface area contributed by atoms with Crippen LogP contribution in [0.1, 0.15) is 29.7 Å². The summed E-state index contributed by atoms with van der Waals surface area (Å²) in [5.74, 6) is -0.0712. The summed E-state index contributed by atoms with van der Waals surface area (Å²) in [7, 11) is 1.49. The van der Waals surface area contributed by atoms with E-state index in [1.54, 1.807) is 4.90 Å². The van der Waals surface area contributed by atoms with E-state index in [-0.39, 0.29) is 29.4 Å². The predicted octanol–water partition coefficient (Wildman–Crippen LogP) is 2.41. The average Bonchev–Trinajstić information content (AvgIpc) is 3.27. The molecule has 0 radical (unpaired) electrons. The molecular formula is C21H21FN4O3.